The van der Waals surface area contributed by atoms with E-state index in [1.165, 1.54) is 18.6 Å². The molecular formula is C34H36F3N5O3. The fraction of sp³-hybridized carbons (Fsp3) is 0.471. The SMILES string of the molecule is Oc1cc2ccccc2c(-c2c(F)cc3c(N4CC5CCC(C4)N5)nc(OCCCN4C5CCCC4COC5)nc3c2F)c1F. The molecule has 4 bridgehead atoms. The van der Waals surface area contributed by atoms with E-state index in [9.17, 15) is 5.11 Å². The second-order valence-electron chi connectivity index (χ2n) is 12.8. The Kier molecular flexibility index (Phi) is 7.42. The van der Waals surface area contributed by atoms with E-state index in [1.54, 1.807) is 24.3 Å². The fourth-order valence-electron chi connectivity index (χ4n) is 7.91. The molecule has 4 saturated heterocycles. The Bertz CT molecular complexity index is 1740. The molecule has 4 aliphatic rings. The van der Waals surface area contributed by atoms with Crippen molar-refractivity contribution < 1.29 is 27.8 Å². The minimum Gasteiger partial charge on any atom is -0.505 e. The van der Waals surface area contributed by atoms with Crippen molar-refractivity contribution in [3.8, 4) is 22.9 Å². The van der Waals surface area contributed by atoms with Crippen LogP contribution < -0.4 is 15.0 Å². The number of aromatic nitrogens is 2. The van der Waals surface area contributed by atoms with Crippen molar-refractivity contribution in [2.75, 3.05) is 44.4 Å². The molecular weight excluding hydrogens is 583 g/mol. The van der Waals surface area contributed by atoms with Crippen LogP contribution in [0, 0.1) is 17.5 Å². The molecule has 0 amide bonds. The molecule has 4 unspecified atom stereocenters. The maximum Gasteiger partial charge on any atom is 0.319 e. The maximum absolute atomic E-state index is 16.6. The standard InChI is InChI=1S/C34H36F3N5O3/c35-26-14-25-32(31(37)29(26)28-24-8-2-1-5-19(24)13-27(43)30(28)36)39-34(40-33(25)41-15-20-9-10-21(16-41)38-20)45-12-4-11-42-22-6-3-7-23(42)18-44-17-22/h1-2,5,8,13-14,20-23,38,43H,3-4,6-7,9-12,15-18H2. The third-order valence-electron chi connectivity index (χ3n) is 10.0. The molecule has 11 heteroatoms. The zero-order chi connectivity index (χ0) is 30.7. The monoisotopic (exact) mass is 619 g/mol. The van der Waals surface area contributed by atoms with Gasteiger partial charge in [-0.2, -0.15) is 9.97 Å². The van der Waals surface area contributed by atoms with Crippen LogP contribution >= 0.6 is 0 Å². The fourth-order valence-corrected chi connectivity index (χ4v) is 7.91. The zero-order valence-corrected chi connectivity index (χ0v) is 24.9. The lowest BCUT2D eigenvalue weighted by Crippen LogP contribution is -2.55. The first-order chi connectivity index (χ1) is 21.9. The molecule has 1 aromatic heterocycles. The van der Waals surface area contributed by atoms with Gasteiger partial charge in [0.05, 0.1) is 25.4 Å². The summed E-state index contributed by atoms with van der Waals surface area (Å²) in [6.07, 6.45) is 6.27. The van der Waals surface area contributed by atoms with Gasteiger partial charge in [0, 0.05) is 54.8 Å². The lowest BCUT2D eigenvalue weighted by Gasteiger charge is -2.45. The van der Waals surface area contributed by atoms with Crippen molar-refractivity contribution in [2.24, 2.45) is 0 Å². The molecule has 0 radical (unpaired) electrons. The number of piperidine rings is 1. The van der Waals surface area contributed by atoms with Gasteiger partial charge in [-0.25, -0.2) is 13.2 Å². The average molecular weight is 620 g/mol. The van der Waals surface area contributed by atoms with Gasteiger partial charge in [-0.1, -0.05) is 30.7 Å². The van der Waals surface area contributed by atoms with E-state index in [2.05, 4.69) is 15.2 Å². The Hall–Kier alpha value is -3.67. The number of nitrogens with zero attached hydrogens (tertiary/aromatic N) is 4. The number of benzene rings is 3. The van der Waals surface area contributed by atoms with E-state index in [0.717, 1.165) is 51.9 Å². The first-order valence-corrected chi connectivity index (χ1v) is 16.0. The van der Waals surface area contributed by atoms with E-state index >= 15 is 13.2 Å². The summed E-state index contributed by atoms with van der Waals surface area (Å²) in [5.74, 6) is -3.35. The van der Waals surface area contributed by atoms with Gasteiger partial charge in [0.1, 0.15) is 17.2 Å². The molecule has 2 N–H and O–H groups in total. The molecule has 45 heavy (non-hydrogen) atoms. The van der Waals surface area contributed by atoms with Gasteiger partial charge in [-0.3, -0.25) is 4.90 Å². The largest absolute Gasteiger partial charge is 0.505 e. The molecule has 4 aromatic rings. The van der Waals surface area contributed by atoms with Crippen LogP contribution in [0.2, 0.25) is 0 Å². The molecule has 3 aromatic carbocycles. The van der Waals surface area contributed by atoms with Gasteiger partial charge in [-0.15, -0.1) is 0 Å². The van der Waals surface area contributed by atoms with Crippen molar-refractivity contribution in [2.45, 2.75) is 62.7 Å². The van der Waals surface area contributed by atoms with E-state index in [-0.39, 0.29) is 39.9 Å². The van der Waals surface area contributed by atoms with Crippen LogP contribution in [0.25, 0.3) is 32.8 Å². The minimum atomic E-state index is -1.09. The summed E-state index contributed by atoms with van der Waals surface area (Å²) in [5, 5.41) is 14.9. The second kappa shape index (κ2) is 11.6. The van der Waals surface area contributed by atoms with Crippen molar-refractivity contribution in [1.29, 1.82) is 0 Å². The number of hydrogen-bond acceptors (Lipinski definition) is 8. The van der Waals surface area contributed by atoms with Gasteiger partial charge in [-0.05, 0) is 55.0 Å². The van der Waals surface area contributed by atoms with Gasteiger partial charge in [0.25, 0.3) is 0 Å². The predicted octanol–water partition coefficient (Wildman–Crippen LogP) is 5.54. The van der Waals surface area contributed by atoms with Crippen LogP contribution in [0.1, 0.15) is 38.5 Å². The number of fused-ring (bicyclic) bond motifs is 6. The topological polar surface area (TPSA) is 83.0 Å². The van der Waals surface area contributed by atoms with Crippen molar-refractivity contribution >= 4 is 27.5 Å². The summed E-state index contributed by atoms with van der Waals surface area (Å²) >= 11 is 0. The molecule has 4 atom stereocenters. The third-order valence-corrected chi connectivity index (χ3v) is 10.0. The highest BCUT2D eigenvalue weighted by atomic mass is 19.1. The number of rotatable bonds is 7. The molecule has 5 heterocycles. The molecule has 8 nitrogen and oxygen atoms in total. The van der Waals surface area contributed by atoms with Crippen LogP contribution in [0.3, 0.4) is 0 Å². The van der Waals surface area contributed by atoms with Gasteiger partial charge < -0.3 is 24.8 Å². The molecule has 4 aliphatic heterocycles. The molecule has 0 aliphatic carbocycles. The highest BCUT2D eigenvalue weighted by Crippen LogP contribution is 2.42. The van der Waals surface area contributed by atoms with E-state index < -0.39 is 28.8 Å². The van der Waals surface area contributed by atoms with Crippen molar-refractivity contribution in [3.05, 3.63) is 53.8 Å². The van der Waals surface area contributed by atoms with Crippen LogP contribution in [0.5, 0.6) is 11.8 Å². The number of halogens is 3. The smallest absolute Gasteiger partial charge is 0.319 e. The van der Waals surface area contributed by atoms with Crippen LogP contribution in [0.4, 0.5) is 19.0 Å². The molecule has 0 spiro atoms. The number of phenolic OH excluding ortho intramolecular Hbond substituents is 1. The predicted molar refractivity (Wildman–Crippen MR) is 165 cm³/mol. The summed E-state index contributed by atoms with van der Waals surface area (Å²) in [5.41, 5.74) is -1.07. The van der Waals surface area contributed by atoms with E-state index in [1.807, 2.05) is 4.90 Å². The van der Waals surface area contributed by atoms with E-state index in [4.69, 9.17) is 14.5 Å². The number of aromatic hydroxyl groups is 1. The molecule has 4 fully saturated rings. The van der Waals surface area contributed by atoms with Gasteiger partial charge >= 0.3 is 6.01 Å². The second-order valence-corrected chi connectivity index (χ2v) is 12.8. The van der Waals surface area contributed by atoms with Gasteiger partial charge in [0.15, 0.2) is 17.4 Å². The van der Waals surface area contributed by atoms with Gasteiger partial charge in [0.2, 0.25) is 0 Å². The molecule has 8 rings (SSSR count). The maximum atomic E-state index is 16.6. The Balaban J connectivity index is 1.17. The number of nitrogens with one attached hydrogen (secondary N) is 1. The Morgan fingerprint density at radius 2 is 1.67 bits per heavy atom. The minimum absolute atomic E-state index is 0.00301. The van der Waals surface area contributed by atoms with E-state index in [0.29, 0.717) is 43.0 Å². The molecule has 0 saturated carbocycles. The number of piperazine rings is 1. The summed E-state index contributed by atoms with van der Waals surface area (Å²) in [4.78, 5) is 13.7. The Labute approximate surface area is 259 Å². The highest BCUT2D eigenvalue weighted by molar-refractivity contribution is 6.01. The van der Waals surface area contributed by atoms with Crippen LogP contribution in [-0.4, -0.2) is 83.6 Å². The van der Waals surface area contributed by atoms with Crippen LogP contribution in [0.15, 0.2) is 36.4 Å². The van der Waals surface area contributed by atoms with Crippen molar-refractivity contribution in [1.82, 2.24) is 20.2 Å². The van der Waals surface area contributed by atoms with Crippen molar-refractivity contribution in [3.63, 3.8) is 0 Å². The quantitative estimate of drug-likeness (QED) is 0.261. The summed E-state index contributed by atoms with van der Waals surface area (Å²) < 4.78 is 60.0. The number of morpholine rings is 1. The number of hydrogen-bond donors (Lipinski definition) is 2. The number of ether oxygens (including phenoxy) is 2. The third kappa shape index (κ3) is 5.14. The molecule has 236 valence electrons. The summed E-state index contributed by atoms with van der Waals surface area (Å²) in [6.45, 7) is 3.98. The number of phenols is 1. The lowest BCUT2D eigenvalue weighted by molar-refractivity contribution is -0.0741. The zero-order valence-electron chi connectivity index (χ0n) is 24.9. The first kappa shape index (κ1) is 28.8. The summed E-state index contributed by atoms with van der Waals surface area (Å²) in [6, 6.07) is 10.4. The highest BCUT2D eigenvalue weighted by Gasteiger charge is 2.36. The lowest BCUT2D eigenvalue weighted by atomic mass is 9.94. The normalized spacial score (nSPS) is 24.9. The Morgan fingerprint density at radius 3 is 2.44 bits per heavy atom. The van der Waals surface area contributed by atoms with Crippen LogP contribution in [-0.2, 0) is 4.74 Å². The summed E-state index contributed by atoms with van der Waals surface area (Å²) in [7, 11) is 0. The average Bonchev–Trinajstić information content (AvgIpc) is 3.37. The Morgan fingerprint density at radius 1 is 0.911 bits per heavy atom. The number of anilines is 1. The first-order valence-electron chi connectivity index (χ1n) is 16.0.